The van der Waals surface area contributed by atoms with Gasteiger partial charge in [-0.2, -0.15) is 0 Å². The first-order valence-corrected chi connectivity index (χ1v) is 10.2. The van der Waals surface area contributed by atoms with E-state index in [1.54, 1.807) is 36.5 Å². The maximum Gasteiger partial charge on any atom is 0.259 e. The highest BCUT2D eigenvalue weighted by Gasteiger charge is 2.23. The predicted octanol–water partition coefficient (Wildman–Crippen LogP) is 3.44. The van der Waals surface area contributed by atoms with Crippen LogP contribution in [-0.4, -0.2) is 42.6 Å². The van der Waals surface area contributed by atoms with Gasteiger partial charge in [0.15, 0.2) is 0 Å². The Kier molecular flexibility index (Phi) is 6.05. The van der Waals surface area contributed by atoms with Crippen molar-refractivity contribution in [3.05, 3.63) is 48.2 Å². The summed E-state index contributed by atoms with van der Waals surface area (Å²) >= 11 is 0. The summed E-state index contributed by atoms with van der Waals surface area (Å²) in [6, 6.07) is 10.7. The lowest BCUT2D eigenvalue weighted by molar-refractivity contribution is -0.124. The molecule has 29 heavy (non-hydrogen) atoms. The molecular formula is C22H26N4O3. The van der Waals surface area contributed by atoms with Crippen molar-refractivity contribution in [2.75, 3.05) is 35.2 Å². The summed E-state index contributed by atoms with van der Waals surface area (Å²) in [4.78, 5) is 31.6. The Morgan fingerprint density at radius 1 is 0.966 bits per heavy atom. The van der Waals surface area contributed by atoms with E-state index in [-0.39, 0.29) is 17.9 Å². The summed E-state index contributed by atoms with van der Waals surface area (Å²) in [6.45, 7) is 2.49. The van der Waals surface area contributed by atoms with Crippen molar-refractivity contribution < 1.29 is 14.3 Å². The number of carbonyl (C=O) groups excluding carboxylic acids is 2. The van der Waals surface area contributed by atoms with Crippen LogP contribution in [0.5, 0.6) is 0 Å². The molecule has 2 aliphatic heterocycles. The van der Waals surface area contributed by atoms with Gasteiger partial charge in [-0.1, -0.05) is 0 Å². The summed E-state index contributed by atoms with van der Waals surface area (Å²) in [5.41, 5.74) is 1.92. The van der Waals surface area contributed by atoms with E-state index in [1.165, 1.54) is 6.42 Å². The maximum absolute atomic E-state index is 12.9. The van der Waals surface area contributed by atoms with Crippen LogP contribution in [-0.2, 0) is 9.53 Å². The number of anilines is 3. The number of pyridine rings is 1. The molecule has 0 saturated carbocycles. The third-order valence-electron chi connectivity index (χ3n) is 5.32. The number of hydrogen-bond acceptors (Lipinski definition) is 5. The number of nitrogens with one attached hydrogen (secondary N) is 2. The van der Waals surface area contributed by atoms with Crippen LogP contribution in [0.3, 0.4) is 0 Å². The minimum absolute atomic E-state index is 0.124. The van der Waals surface area contributed by atoms with Gasteiger partial charge in [0, 0.05) is 37.3 Å². The minimum Gasteiger partial charge on any atom is -0.368 e. The number of aromatic nitrogens is 1. The molecule has 2 aliphatic rings. The first-order valence-electron chi connectivity index (χ1n) is 10.2. The van der Waals surface area contributed by atoms with Gasteiger partial charge in [0.2, 0.25) is 0 Å². The van der Waals surface area contributed by atoms with Crippen LogP contribution < -0.4 is 15.5 Å². The fourth-order valence-corrected chi connectivity index (χ4v) is 3.77. The van der Waals surface area contributed by atoms with E-state index in [0.717, 1.165) is 44.6 Å². The van der Waals surface area contributed by atoms with Crippen molar-refractivity contribution in [1.82, 2.24) is 4.98 Å². The van der Waals surface area contributed by atoms with Crippen molar-refractivity contribution in [2.24, 2.45) is 0 Å². The minimum atomic E-state index is -0.367. The molecule has 3 heterocycles. The van der Waals surface area contributed by atoms with Crippen molar-refractivity contribution in [3.8, 4) is 0 Å². The SMILES string of the molecule is O=C(Nc1ccc(NC(=O)C2CCCO2)cc1)c1cccnc1N1CCCCC1. The number of ether oxygens (including phenoxy) is 1. The number of piperidine rings is 1. The van der Waals surface area contributed by atoms with Crippen LogP contribution in [0.25, 0.3) is 0 Å². The highest BCUT2D eigenvalue weighted by molar-refractivity contribution is 6.07. The molecule has 4 rings (SSSR count). The largest absolute Gasteiger partial charge is 0.368 e. The molecule has 2 fully saturated rings. The summed E-state index contributed by atoms with van der Waals surface area (Å²) in [6.07, 6.45) is 6.50. The van der Waals surface area contributed by atoms with E-state index in [1.807, 2.05) is 6.07 Å². The van der Waals surface area contributed by atoms with E-state index >= 15 is 0 Å². The molecule has 2 amide bonds. The molecule has 2 saturated heterocycles. The molecule has 1 atom stereocenters. The Labute approximate surface area is 170 Å². The molecule has 0 aliphatic carbocycles. The zero-order valence-corrected chi connectivity index (χ0v) is 16.4. The number of carbonyl (C=O) groups is 2. The lowest BCUT2D eigenvalue weighted by atomic mass is 10.1. The lowest BCUT2D eigenvalue weighted by Gasteiger charge is -2.29. The first-order chi connectivity index (χ1) is 14.2. The summed E-state index contributed by atoms with van der Waals surface area (Å²) < 4.78 is 5.39. The molecule has 1 aromatic carbocycles. The molecule has 1 unspecified atom stereocenters. The van der Waals surface area contributed by atoms with Gasteiger partial charge in [-0.3, -0.25) is 9.59 Å². The standard InChI is InChI=1S/C22H26N4O3/c27-21(18-6-4-12-23-20(18)26-13-2-1-3-14-26)24-16-8-10-17(11-9-16)25-22(28)19-7-5-15-29-19/h4,6,8-12,19H,1-3,5,7,13-15H2,(H,24,27)(H,25,28). The molecule has 2 N–H and O–H groups in total. The van der Waals surface area contributed by atoms with Gasteiger partial charge in [0.05, 0.1) is 5.56 Å². The maximum atomic E-state index is 12.9. The fraction of sp³-hybridized carbons (Fsp3) is 0.409. The van der Waals surface area contributed by atoms with Gasteiger partial charge in [-0.15, -0.1) is 0 Å². The number of rotatable bonds is 5. The second kappa shape index (κ2) is 9.05. The Hall–Kier alpha value is -2.93. The number of benzene rings is 1. The molecule has 1 aromatic heterocycles. The molecule has 152 valence electrons. The molecule has 0 bridgehead atoms. The second-order valence-electron chi connectivity index (χ2n) is 7.44. The summed E-state index contributed by atoms with van der Waals surface area (Å²) in [5.74, 6) is 0.431. The van der Waals surface area contributed by atoms with Crippen molar-refractivity contribution >= 4 is 29.0 Å². The van der Waals surface area contributed by atoms with Crippen LogP contribution in [0.2, 0.25) is 0 Å². The molecule has 7 heteroatoms. The van der Waals surface area contributed by atoms with Gasteiger partial charge in [-0.05, 0) is 68.5 Å². The predicted molar refractivity (Wildman–Crippen MR) is 112 cm³/mol. The van der Waals surface area contributed by atoms with Gasteiger partial charge in [0.25, 0.3) is 11.8 Å². The van der Waals surface area contributed by atoms with E-state index in [0.29, 0.717) is 23.5 Å². The molecule has 2 aromatic rings. The van der Waals surface area contributed by atoms with Crippen molar-refractivity contribution in [1.29, 1.82) is 0 Å². The number of nitrogens with zero attached hydrogens (tertiary/aromatic N) is 2. The fourth-order valence-electron chi connectivity index (χ4n) is 3.77. The summed E-state index contributed by atoms with van der Waals surface area (Å²) in [7, 11) is 0. The van der Waals surface area contributed by atoms with Crippen LogP contribution in [0.4, 0.5) is 17.2 Å². The molecular weight excluding hydrogens is 368 g/mol. The number of hydrogen-bond donors (Lipinski definition) is 2. The third-order valence-corrected chi connectivity index (χ3v) is 5.32. The monoisotopic (exact) mass is 394 g/mol. The van der Waals surface area contributed by atoms with Gasteiger partial charge in [-0.25, -0.2) is 4.98 Å². The average Bonchev–Trinajstić information content (AvgIpc) is 3.31. The Morgan fingerprint density at radius 3 is 2.38 bits per heavy atom. The van der Waals surface area contributed by atoms with Crippen LogP contribution in [0.1, 0.15) is 42.5 Å². The van der Waals surface area contributed by atoms with Crippen molar-refractivity contribution in [2.45, 2.75) is 38.2 Å². The Balaban J connectivity index is 1.40. The zero-order chi connectivity index (χ0) is 20.1. The Morgan fingerprint density at radius 2 is 1.69 bits per heavy atom. The van der Waals surface area contributed by atoms with E-state index in [4.69, 9.17) is 4.74 Å². The van der Waals surface area contributed by atoms with E-state index in [2.05, 4.69) is 20.5 Å². The normalized spacial score (nSPS) is 19.0. The smallest absolute Gasteiger partial charge is 0.259 e. The first kappa shape index (κ1) is 19.4. The average molecular weight is 394 g/mol. The third kappa shape index (κ3) is 4.74. The van der Waals surface area contributed by atoms with E-state index < -0.39 is 0 Å². The van der Waals surface area contributed by atoms with E-state index in [9.17, 15) is 9.59 Å². The lowest BCUT2D eigenvalue weighted by Crippen LogP contribution is -2.32. The quantitative estimate of drug-likeness (QED) is 0.812. The van der Waals surface area contributed by atoms with Gasteiger partial charge < -0.3 is 20.3 Å². The topological polar surface area (TPSA) is 83.6 Å². The van der Waals surface area contributed by atoms with Gasteiger partial charge in [0.1, 0.15) is 11.9 Å². The molecule has 0 radical (unpaired) electrons. The zero-order valence-electron chi connectivity index (χ0n) is 16.4. The van der Waals surface area contributed by atoms with Crippen LogP contribution >= 0.6 is 0 Å². The highest BCUT2D eigenvalue weighted by atomic mass is 16.5. The van der Waals surface area contributed by atoms with Gasteiger partial charge >= 0.3 is 0 Å². The number of amides is 2. The molecule has 7 nitrogen and oxygen atoms in total. The summed E-state index contributed by atoms with van der Waals surface area (Å²) in [5, 5.41) is 5.79. The Bertz CT molecular complexity index is 857. The van der Waals surface area contributed by atoms with Crippen LogP contribution in [0.15, 0.2) is 42.6 Å². The highest BCUT2D eigenvalue weighted by Crippen LogP contribution is 2.23. The second-order valence-corrected chi connectivity index (χ2v) is 7.44. The molecule has 0 spiro atoms. The van der Waals surface area contributed by atoms with Crippen molar-refractivity contribution in [3.63, 3.8) is 0 Å². The van der Waals surface area contributed by atoms with Crippen LogP contribution in [0, 0.1) is 0 Å².